The molecule has 4 heteroatoms. The van der Waals surface area contributed by atoms with Crippen LogP contribution in [0.25, 0.3) is 0 Å². The maximum absolute atomic E-state index is 11.5. The molecule has 0 aromatic rings. The zero-order valence-corrected chi connectivity index (χ0v) is 9.88. The molecule has 0 aliphatic heterocycles. The van der Waals surface area contributed by atoms with Crippen LogP contribution in [0.4, 0.5) is 0 Å². The molecular formula is C11H22N2O2. The van der Waals surface area contributed by atoms with Crippen LogP contribution < -0.4 is 11.1 Å². The number of hydrogen-bond donors (Lipinski definition) is 2. The average Bonchev–Trinajstić information content (AvgIpc) is 2.12. The fraction of sp³-hybridized carbons (Fsp3) is 0.818. The van der Waals surface area contributed by atoms with Crippen molar-refractivity contribution in [1.29, 1.82) is 0 Å². The van der Waals surface area contributed by atoms with E-state index in [2.05, 4.69) is 5.32 Å². The van der Waals surface area contributed by atoms with Gasteiger partial charge >= 0.3 is 0 Å². The molecule has 0 radical (unpaired) electrons. The molecule has 0 saturated carbocycles. The van der Waals surface area contributed by atoms with Crippen LogP contribution in [0.5, 0.6) is 0 Å². The average molecular weight is 214 g/mol. The Hall–Kier alpha value is -1.06. The van der Waals surface area contributed by atoms with Gasteiger partial charge in [-0.1, -0.05) is 20.8 Å². The molecule has 4 nitrogen and oxygen atoms in total. The van der Waals surface area contributed by atoms with Crippen LogP contribution in [-0.4, -0.2) is 17.9 Å². The summed E-state index contributed by atoms with van der Waals surface area (Å²) in [4.78, 5) is 22.1. The van der Waals surface area contributed by atoms with E-state index in [1.165, 1.54) is 0 Å². The van der Waals surface area contributed by atoms with Crippen LogP contribution in [0.3, 0.4) is 0 Å². The van der Waals surface area contributed by atoms with Gasteiger partial charge in [0.25, 0.3) is 0 Å². The summed E-state index contributed by atoms with van der Waals surface area (Å²) in [6, 6.07) is 0.248. The third-order valence-electron chi connectivity index (χ3n) is 2.43. The van der Waals surface area contributed by atoms with E-state index in [-0.39, 0.29) is 30.2 Å². The van der Waals surface area contributed by atoms with Crippen molar-refractivity contribution in [2.24, 2.45) is 11.7 Å². The Kier molecular flexibility index (Phi) is 6.75. The van der Waals surface area contributed by atoms with Crippen molar-refractivity contribution in [3.63, 3.8) is 0 Å². The Morgan fingerprint density at radius 3 is 2.13 bits per heavy atom. The highest BCUT2D eigenvalue weighted by molar-refractivity contribution is 5.78. The zero-order chi connectivity index (χ0) is 11.8. The summed E-state index contributed by atoms with van der Waals surface area (Å²) in [7, 11) is 0. The fourth-order valence-electron chi connectivity index (χ4n) is 1.51. The first kappa shape index (κ1) is 13.9. The topological polar surface area (TPSA) is 72.2 Å². The first-order valence-corrected chi connectivity index (χ1v) is 5.57. The van der Waals surface area contributed by atoms with Gasteiger partial charge < -0.3 is 11.1 Å². The van der Waals surface area contributed by atoms with Gasteiger partial charge in [0.2, 0.25) is 11.8 Å². The molecule has 15 heavy (non-hydrogen) atoms. The molecule has 0 bridgehead atoms. The first-order valence-electron chi connectivity index (χ1n) is 5.57. The maximum Gasteiger partial charge on any atom is 0.220 e. The van der Waals surface area contributed by atoms with E-state index in [9.17, 15) is 9.59 Å². The summed E-state index contributed by atoms with van der Waals surface area (Å²) in [6.45, 7) is 5.94. The molecule has 1 atom stereocenters. The van der Waals surface area contributed by atoms with Gasteiger partial charge in [0.15, 0.2) is 0 Å². The highest BCUT2D eigenvalue weighted by atomic mass is 16.2. The van der Waals surface area contributed by atoms with E-state index in [0.717, 1.165) is 12.8 Å². The van der Waals surface area contributed by atoms with Crippen LogP contribution in [0.15, 0.2) is 0 Å². The van der Waals surface area contributed by atoms with E-state index >= 15 is 0 Å². The smallest absolute Gasteiger partial charge is 0.220 e. The molecule has 0 heterocycles. The normalized spacial score (nSPS) is 12.5. The number of amides is 2. The number of carbonyl (C=O) groups is 2. The molecule has 0 aromatic carbocycles. The van der Waals surface area contributed by atoms with Crippen molar-refractivity contribution in [3.05, 3.63) is 0 Å². The molecule has 0 saturated heterocycles. The third kappa shape index (κ3) is 6.94. The van der Waals surface area contributed by atoms with E-state index in [1.54, 1.807) is 0 Å². The van der Waals surface area contributed by atoms with Crippen LogP contribution >= 0.6 is 0 Å². The van der Waals surface area contributed by atoms with Gasteiger partial charge in [-0.25, -0.2) is 0 Å². The highest BCUT2D eigenvalue weighted by Crippen LogP contribution is 2.07. The third-order valence-corrected chi connectivity index (χ3v) is 2.43. The predicted octanol–water partition coefficient (Wildman–Crippen LogP) is 1.19. The van der Waals surface area contributed by atoms with Crippen LogP contribution in [0.1, 0.15) is 46.5 Å². The minimum absolute atomic E-state index is 0.0115. The van der Waals surface area contributed by atoms with Crippen molar-refractivity contribution in [2.45, 2.75) is 52.5 Å². The second-order valence-corrected chi connectivity index (χ2v) is 4.06. The van der Waals surface area contributed by atoms with Crippen molar-refractivity contribution in [2.75, 3.05) is 0 Å². The molecule has 3 N–H and O–H groups in total. The SMILES string of the molecule is CCC(CC)NC(=O)C[C@H](C)CC(N)=O. The Balaban J connectivity index is 3.86. The largest absolute Gasteiger partial charge is 0.370 e. The standard InChI is InChI=1S/C11H22N2O2/c1-4-9(5-2)13-11(15)7-8(3)6-10(12)14/h8-9H,4-7H2,1-3H3,(H2,12,14)(H,13,15)/t8-/m1/s1. The predicted molar refractivity (Wildman–Crippen MR) is 60.1 cm³/mol. The van der Waals surface area contributed by atoms with Gasteiger partial charge in [0.05, 0.1) is 0 Å². The summed E-state index contributed by atoms with van der Waals surface area (Å²) in [5.74, 6) is -0.313. The van der Waals surface area contributed by atoms with E-state index in [0.29, 0.717) is 6.42 Å². The van der Waals surface area contributed by atoms with Crippen molar-refractivity contribution >= 4 is 11.8 Å². The zero-order valence-electron chi connectivity index (χ0n) is 9.88. The van der Waals surface area contributed by atoms with E-state index < -0.39 is 0 Å². The Morgan fingerprint density at radius 2 is 1.73 bits per heavy atom. The lowest BCUT2D eigenvalue weighted by atomic mass is 10.0. The van der Waals surface area contributed by atoms with Gasteiger partial charge in [0, 0.05) is 18.9 Å². The van der Waals surface area contributed by atoms with Gasteiger partial charge in [-0.3, -0.25) is 9.59 Å². The molecule has 0 aromatic heterocycles. The first-order chi connectivity index (χ1) is 6.99. The van der Waals surface area contributed by atoms with Crippen LogP contribution in [0, 0.1) is 5.92 Å². The molecule has 0 fully saturated rings. The highest BCUT2D eigenvalue weighted by Gasteiger charge is 2.13. The molecule has 0 aliphatic rings. The monoisotopic (exact) mass is 214 g/mol. The molecule has 0 rings (SSSR count). The lowest BCUT2D eigenvalue weighted by molar-refractivity contribution is -0.123. The number of rotatable bonds is 7. The Morgan fingerprint density at radius 1 is 1.20 bits per heavy atom. The minimum atomic E-state index is -0.349. The summed E-state index contributed by atoms with van der Waals surface area (Å²) >= 11 is 0. The molecule has 0 aliphatic carbocycles. The van der Waals surface area contributed by atoms with Gasteiger partial charge in [-0.2, -0.15) is 0 Å². The number of hydrogen-bond acceptors (Lipinski definition) is 2. The minimum Gasteiger partial charge on any atom is -0.370 e. The lowest BCUT2D eigenvalue weighted by Crippen LogP contribution is -2.35. The van der Waals surface area contributed by atoms with Gasteiger partial charge in [-0.15, -0.1) is 0 Å². The summed E-state index contributed by atoms with van der Waals surface area (Å²) in [6.07, 6.45) is 2.52. The second kappa shape index (κ2) is 7.26. The van der Waals surface area contributed by atoms with E-state index in [4.69, 9.17) is 5.73 Å². The lowest BCUT2D eigenvalue weighted by Gasteiger charge is -2.16. The molecule has 88 valence electrons. The van der Waals surface area contributed by atoms with Crippen molar-refractivity contribution in [3.8, 4) is 0 Å². The van der Waals surface area contributed by atoms with Crippen molar-refractivity contribution < 1.29 is 9.59 Å². The van der Waals surface area contributed by atoms with Gasteiger partial charge in [-0.05, 0) is 18.8 Å². The number of carbonyl (C=O) groups excluding carboxylic acids is 2. The number of nitrogens with two attached hydrogens (primary N) is 1. The summed E-state index contributed by atoms with van der Waals surface area (Å²) < 4.78 is 0. The second-order valence-electron chi connectivity index (χ2n) is 4.06. The molecule has 0 spiro atoms. The van der Waals surface area contributed by atoms with Crippen LogP contribution in [0.2, 0.25) is 0 Å². The fourth-order valence-corrected chi connectivity index (χ4v) is 1.51. The molecule has 2 amide bonds. The summed E-state index contributed by atoms with van der Waals surface area (Å²) in [5, 5.41) is 2.93. The summed E-state index contributed by atoms with van der Waals surface area (Å²) in [5.41, 5.74) is 5.05. The van der Waals surface area contributed by atoms with Gasteiger partial charge in [0.1, 0.15) is 0 Å². The number of primary amides is 1. The maximum atomic E-state index is 11.5. The Bertz CT molecular complexity index is 213. The van der Waals surface area contributed by atoms with E-state index in [1.807, 2.05) is 20.8 Å². The van der Waals surface area contributed by atoms with Crippen molar-refractivity contribution in [1.82, 2.24) is 5.32 Å². The number of nitrogens with one attached hydrogen (secondary N) is 1. The molecule has 0 unspecified atom stereocenters. The Labute approximate surface area is 91.6 Å². The quantitative estimate of drug-likeness (QED) is 0.668. The van der Waals surface area contributed by atoms with Crippen LogP contribution in [-0.2, 0) is 9.59 Å². The molecular weight excluding hydrogens is 192 g/mol.